The Kier molecular flexibility index (Phi) is 16.7. The number of carbonyl (C=O) groups excluding carboxylic acids is 1. The monoisotopic (exact) mass is 1110 g/mol. The van der Waals surface area contributed by atoms with Crippen molar-refractivity contribution in [3.05, 3.63) is 11.6 Å². The fourth-order valence-corrected chi connectivity index (χ4v) is 16.3. The molecule has 0 bridgehead atoms. The van der Waals surface area contributed by atoms with Gasteiger partial charge >= 0.3 is 5.97 Å². The highest BCUT2D eigenvalue weighted by Crippen LogP contribution is 2.76. The van der Waals surface area contributed by atoms with E-state index >= 15 is 4.79 Å². The summed E-state index contributed by atoms with van der Waals surface area (Å²) in [6.45, 7) is 11.7. The van der Waals surface area contributed by atoms with Crippen LogP contribution in [0, 0.1) is 50.2 Å². The Hall–Kier alpha value is -1.67. The molecule has 0 amide bonds. The van der Waals surface area contributed by atoms with Gasteiger partial charge in [-0.05, 0) is 97.7 Å². The fourth-order valence-electron chi connectivity index (χ4n) is 16.3. The van der Waals surface area contributed by atoms with Crippen molar-refractivity contribution < 1.29 is 119 Å². The van der Waals surface area contributed by atoms with Crippen LogP contribution in [0.4, 0.5) is 0 Å². The van der Waals surface area contributed by atoms with E-state index in [-0.39, 0.29) is 36.5 Å². The Morgan fingerprint density at radius 3 is 1.90 bits per heavy atom. The van der Waals surface area contributed by atoms with E-state index in [1.165, 1.54) is 6.92 Å². The summed E-state index contributed by atoms with van der Waals surface area (Å²) in [5.74, 6) is -1.82. The minimum Gasteiger partial charge on any atom is -0.432 e. The highest BCUT2D eigenvalue weighted by molar-refractivity contribution is 5.80. The van der Waals surface area contributed by atoms with Gasteiger partial charge in [0.2, 0.25) is 6.29 Å². The maximum absolute atomic E-state index is 15.2. The van der Waals surface area contributed by atoms with Crippen molar-refractivity contribution in [3.63, 3.8) is 0 Å². The van der Waals surface area contributed by atoms with E-state index in [4.69, 9.17) is 37.9 Å². The molecule has 24 heteroatoms. The number of hydrogen-bond donors (Lipinski definition) is 15. The summed E-state index contributed by atoms with van der Waals surface area (Å²) >= 11 is 0. The second kappa shape index (κ2) is 21.5. The second-order valence-corrected chi connectivity index (χ2v) is 26.0. The van der Waals surface area contributed by atoms with Crippen LogP contribution >= 0.6 is 0 Å². The van der Waals surface area contributed by atoms with Crippen LogP contribution in [0.2, 0.25) is 0 Å². The molecule has 0 radical (unpaired) electrons. The van der Waals surface area contributed by atoms with Gasteiger partial charge in [0, 0.05) is 5.41 Å². The molecular formula is C53H86O24. The third kappa shape index (κ3) is 9.59. The van der Waals surface area contributed by atoms with E-state index in [0.717, 1.165) is 5.57 Å². The first-order valence-electron chi connectivity index (χ1n) is 27.4. The van der Waals surface area contributed by atoms with Crippen LogP contribution in [-0.4, -0.2) is 244 Å². The first kappa shape index (κ1) is 59.9. The van der Waals surface area contributed by atoms with Crippen molar-refractivity contribution in [1.29, 1.82) is 0 Å². The molecule has 5 aliphatic carbocycles. The molecule has 0 aromatic heterocycles. The average molecular weight is 1110 g/mol. The van der Waals surface area contributed by atoms with Crippen molar-refractivity contribution in [2.24, 2.45) is 50.2 Å². The molecule has 30 atom stereocenters. The van der Waals surface area contributed by atoms with Crippen LogP contribution in [0.1, 0.15) is 99.8 Å². The molecule has 24 nitrogen and oxygen atoms in total. The average Bonchev–Trinajstić information content (AvgIpc) is 3.47. The number of esters is 1. The second-order valence-electron chi connectivity index (χ2n) is 26.0. The summed E-state index contributed by atoms with van der Waals surface area (Å²) in [6, 6.07) is 0. The first-order valence-corrected chi connectivity index (χ1v) is 27.4. The van der Waals surface area contributed by atoms with E-state index in [0.29, 0.717) is 32.1 Å². The summed E-state index contributed by atoms with van der Waals surface area (Å²) in [5.41, 5.74) is -3.98. The van der Waals surface area contributed by atoms with Crippen molar-refractivity contribution in [1.82, 2.24) is 0 Å². The lowest BCUT2D eigenvalue weighted by Gasteiger charge is -2.72. The third-order valence-electron chi connectivity index (χ3n) is 21.1. The van der Waals surface area contributed by atoms with Gasteiger partial charge in [-0.25, -0.2) is 0 Å². The van der Waals surface area contributed by atoms with E-state index < -0.39 is 200 Å². The zero-order valence-electron chi connectivity index (χ0n) is 44.9. The molecule has 15 N–H and O–H groups in total. The van der Waals surface area contributed by atoms with Crippen LogP contribution < -0.4 is 0 Å². The molecule has 0 aromatic rings. The number of ether oxygens (including phenoxy) is 8. The Labute approximate surface area is 447 Å². The summed E-state index contributed by atoms with van der Waals surface area (Å²) in [4.78, 5) is 15.2. The molecule has 4 saturated heterocycles. The lowest BCUT2D eigenvalue weighted by atomic mass is 9.33. The summed E-state index contributed by atoms with van der Waals surface area (Å²) in [7, 11) is 0. The predicted octanol–water partition coefficient (Wildman–Crippen LogP) is -3.45. The molecule has 0 spiro atoms. The highest BCUT2D eigenvalue weighted by Gasteiger charge is 2.73. The SMILES string of the molecule is CC1OC(OC2C(OC(=O)C34CCC(C)(C)CC3C3=CCC5C6(C)CC(O)C(OC7OC(COC8OC(CO)C(O)C(O)C8O)C(O)C(O)C7O)C(C)(CO)C6CCC5(C)C3(C)CC4O)OCC(O)C2O)C(O)C(O)C1O. The minimum atomic E-state index is -1.86. The first-order chi connectivity index (χ1) is 36.0. The van der Waals surface area contributed by atoms with Crippen LogP contribution in [-0.2, 0) is 42.7 Å². The zero-order chi connectivity index (χ0) is 56.4. The molecule has 442 valence electrons. The molecule has 9 rings (SSSR count). The lowest BCUT2D eigenvalue weighted by molar-refractivity contribution is -0.355. The fraction of sp³-hybridized carbons (Fsp3) is 0.943. The number of rotatable bonds is 11. The van der Waals surface area contributed by atoms with Crippen LogP contribution in [0.5, 0.6) is 0 Å². The number of hydrogen-bond acceptors (Lipinski definition) is 24. The number of fused-ring (bicyclic) bond motifs is 7. The number of allylic oxidation sites excluding steroid dienone is 2. The Bertz CT molecular complexity index is 2140. The molecule has 4 heterocycles. The molecule has 4 saturated carbocycles. The van der Waals surface area contributed by atoms with Gasteiger partial charge in [-0.3, -0.25) is 4.79 Å². The maximum atomic E-state index is 15.2. The predicted molar refractivity (Wildman–Crippen MR) is 260 cm³/mol. The molecular weight excluding hydrogens is 1020 g/mol. The molecule has 4 aliphatic heterocycles. The number of carbonyl (C=O) groups is 1. The summed E-state index contributed by atoms with van der Waals surface area (Å²) < 4.78 is 47.0. The highest BCUT2D eigenvalue weighted by atomic mass is 16.8. The Morgan fingerprint density at radius 2 is 1.25 bits per heavy atom. The molecule has 77 heavy (non-hydrogen) atoms. The smallest absolute Gasteiger partial charge is 0.317 e. The topological polar surface area (TPSA) is 394 Å². The lowest BCUT2D eigenvalue weighted by Crippen LogP contribution is -2.70. The largest absolute Gasteiger partial charge is 0.432 e. The van der Waals surface area contributed by atoms with Gasteiger partial charge in [0.15, 0.2) is 25.0 Å². The maximum Gasteiger partial charge on any atom is 0.317 e. The quantitative estimate of drug-likeness (QED) is 0.0543. The minimum absolute atomic E-state index is 0.142. The van der Waals surface area contributed by atoms with Crippen LogP contribution in [0.25, 0.3) is 0 Å². The van der Waals surface area contributed by atoms with Gasteiger partial charge in [-0.1, -0.05) is 53.2 Å². The van der Waals surface area contributed by atoms with Gasteiger partial charge in [-0.15, -0.1) is 0 Å². The third-order valence-corrected chi connectivity index (χ3v) is 21.1. The van der Waals surface area contributed by atoms with Crippen molar-refractivity contribution in [2.45, 2.75) is 235 Å². The normalized spacial score (nSPS) is 55.7. The molecule has 0 aromatic carbocycles. The van der Waals surface area contributed by atoms with Crippen LogP contribution in [0.3, 0.4) is 0 Å². The van der Waals surface area contributed by atoms with Gasteiger partial charge < -0.3 is 114 Å². The standard InChI is InChI=1S/C53H86O24/c1-21-31(59)35(63)39(67)44(72-21)75-41-32(60)25(57)18-70-46(41)77-47(69)53-13-12-48(2,3)14-23(53)22-8-9-29-49(4)15-24(56)42(50(5,20-55)28(49)10-11-51(29,6)52(22,7)16-30(53)58)76-45-40(68)37(65)34(62)27(74-45)19-71-43-38(66)36(64)33(61)26(17-54)73-43/h8,21,23-46,54-68H,9-20H2,1-7H3. The van der Waals surface area contributed by atoms with Crippen LogP contribution in [0.15, 0.2) is 11.6 Å². The van der Waals surface area contributed by atoms with E-state index in [1.54, 1.807) is 6.92 Å². The zero-order valence-corrected chi connectivity index (χ0v) is 44.9. The summed E-state index contributed by atoms with van der Waals surface area (Å²) in [6.07, 6.45) is -29.1. The molecule has 8 fully saturated rings. The summed E-state index contributed by atoms with van der Waals surface area (Å²) in [5, 5.41) is 164. The van der Waals surface area contributed by atoms with E-state index in [1.807, 2.05) is 0 Å². The number of aliphatic hydroxyl groups excluding tert-OH is 15. The van der Waals surface area contributed by atoms with Crippen molar-refractivity contribution >= 4 is 5.97 Å². The van der Waals surface area contributed by atoms with E-state index in [9.17, 15) is 76.6 Å². The number of aliphatic hydroxyl groups is 15. The van der Waals surface area contributed by atoms with Gasteiger partial charge in [0.25, 0.3) is 0 Å². The Balaban J connectivity index is 0.958. The van der Waals surface area contributed by atoms with Gasteiger partial charge in [-0.2, -0.15) is 0 Å². The van der Waals surface area contributed by atoms with Crippen molar-refractivity contribution in [2.75, 3.05) is 26.4 Å². The van der Waals surface area contributed by atoms with E-state index in [2.05, 4.69) is 40.7 Å². The van der Waals surface area contributed by atoms with Gasteiger partial charge in [0.05, 0.1) is 50.8 Å². The van der Waals surface area contributed by atoms with Crippen molar-refractivity contribution in [3.8, 4) is 0 Å². The van der Waals surface area contributed by atoms with Gasteiger partial charge in [0.1, 0.15) is 84.8 Å². The molecule has 9 aliphatic rings. The molecule has 30 unspecified atom stereocenters. The Morgan fingerprint density at radius 1 is 0.636 bits per heavy atom.